The van der Waals surface area contributed by atoms with Gasteiger partial charge in [0.25, 0.3) is 0 Å². The largest absolute Gasteiger partial charge is 0.391 e. The van der Waals surface area contributed by atoms with Crippen LogP contribution in [0.2, 0.25) is 0 Å². The number of nitrogens with two attached hydrogens (primary N) is 1. The van der Waals surface area contributed by atoms with E-state index < -0.39 is 5.54 Å². The highest BCUT2D eigenvalue weighted by Crippen LogP contribution is 2.22. The number of rotatable bonds is 4. The van der Waals surface area contributed by atoms with Crippen LogP contribution in [0.15, 0.2) is 24.3 Å². The van der Waals surface area contributed by atoms with Gasteiger partial charge in [0, 0.05) is 13.1 Å². The first-order valence-electron chi connectivity index (χ1n) is 7.26. The molecule has 0 spiro atoms. The minimum Gasteiger partial charge on any atom is -0.391 e. The highest BCUT2D eigenvalue weighted by atomic mass is 32.1. The maximum Gasteiger partial charge on any atom is 0.225 e. The lowest BCUT2D eigenvalue weighted by atomic mass is 9.87. The van der Waals surface area contributed by atoms with Crippen molar-refractivity contribution in [3.05, 3.63) is 35.4 Å². The molecule has 0 bridgehead atoms. The summed E-state index contributed by atoms with van der Waals surface area (Å²) in [5.41, 5.74) is 7.56. The molecule has 0 atom stereocenters. The summed E-state index contributed by atoms with van der Waals surface area (Å²) in [7, 11) is 2.07. The number of hydrogen-bond donors (Lipinski definition) is 2. The lowest BCUT2D eigenvalue weighted by molar-refractivity contribution is -0.122. The van der Waals surface area contributed by atoms with Crippen LogP contribution in [0, 0.1) is 6.92 Å². The molecule has 4 nitrogen and oxygen atoms in total. The number of aryl methyl sites for hydroxylation is 1. The van der Waals surface area contributed by atoms with Gasteiger partial charge in [0.2, 0.25) is 5.91 Å². The Balaban J connectivity index is 2.04. The predicted molar refractivity (Wildman–Crippen MR) is 89.3 cm³/mol. The average Bonchev–Trinajstić information content (AvgIpc) is 2.41. The highest BCUT2D eigenvalue weighted by Gasteiger charge is 2.37. The summed E-state index contributed by atoms with van der Waals surface area (Å²) in [6.07, 6.45) is 1.92. The van der Waals surface area contributed by atoms with Gasteiger partial charge in [-0.2, -0.15) is 0 Å². The smallest absolute Gasteiger partial charge is 0.225 e. The zero-order chi connectivity index (χ0) is 15.5. The quantitative estimate of drug-likeness (QED) is 0.826. The third-order valence-corrected chi connectivity index (χ3v) is 4.53. The molecule has 21 heavy (non-hydrogen) atoms. The Morgan fingerprint density at radius 1 is 1.43 bits per heavy atom. The van der Waals surface area contributed by atoms with E-state index in [4.69, 9.17) is 18.0 Å². The van der Waals surface area contributed by atoms with E-state index in [1.807, 2.05) is 31.2 Å². The number of nitrogens with one attached hydrogen (secondary N) is 1. The summed E-state index contributed by atoms with van der Waals surface area (Å²) in [5.74, 6) is -0.0158. The van der Waals surface area contributed by atoms with Gasteiger partial charge in [-0.15, -0.1) is 0 Å². The summed E-state index contributed by atoms with van der Waals surface area (Å²) in [5, 5.41) is 3.09. The van der Waals surface area contributed by atoms with Crippen LogP contribution in [-0.2, 0) is 11.2 Å². The van der Waals surface area contributed by atoms with Crippen LogP contribution in [0.4, 0.5) is 0 Å². The first-order chi connectivity index (χ1) is 9.91. The van der Waals surface area contributed by atoms with Crippen molar-refractivity contribution in [1.82, 2.24) is 10.2 Å². The van der Waals surface area contributed by atoms with Gasteiger partial charge in [-0.05, 0) is 32.4 Å². The molecule has 0 aliphatic carbocycles. The number of nitrogens with zero attached hydrogens (tertiary/aromatic N) is 1. The molecular formula is C16H23N3OS. The van der Waals surface area contributed by atoms with Gasteiger partial charge in [0.05, 0.1) is 16.9 Å². The van der Waals surface area contributed by atoms with Crippen LogP contribution in [0.5, 0.6) is 0 Å². The number of carbonyl (C=O) groups is 1. The lowest BCUT2D eigenvalue weighted by Gasteiger charge is -2.40. The first kappa shape index (κ1) is 15.9. The standard InChI is InChI=1S/C16H23N3OS/c1-12-4-3-5-13(10-12)11-14(20)18-16(15(17)21)6-8-19(2)9-7-16/h3-5,10H,6-9,11H2,1-2H3,(H2,17,21)(H,18,20). The fourth-order valence-corrected chi connectivity index (χ4v) is 3.01. The predicted octanol–water partition coefficient (Wildman–Crippen LogP) is 1.40. The van der Waals surface area contributed by atoms with E-state index >= 15 is 0 Å². The van der Waals surface area contributed by atoms with E-state index in [0.29, 0.717) is 11.4 Å². The minimum absolute atomic E-state index is 0.0158. The molecule has 1 aromatic rings. The van der Waals surface area contributed by atoms with E-state index in [-0.39, 0.29) is 5.91 Å². The van der Waals surface area contributed by atoms with Crippen LogP contribution in [0.1, 0.15) is 24.0 Å². The van der Waals surface area contributed by atoms with Crippen LogP contribution >= 0.6 is 12.2 Å². The molecule has 0 saturated carbocycles. The van der Waals surface area contributed by atoms with Gasteiger partial charge < -0.3 is 16.0 Å². The van der Waals surface area contributed by atoms with Gasteiger partial charge in [0.15, 0.2) is 0 Å². The molecular weight excluding hydrogens is 282 g/mol. The fourth-order valence-electron chi connectivity index (χ4n) is 2.75. The van der Waals surface area contributed by atoms with Crippen molar-refractivity contribution in [2.24, 2.45) is 5.73 Å². The molecule has 0 unspecified atom stereocenters. The SMILES string of the molecule is Cc1cccc(CC(=O)NC2(C(N)=S)CCN(C)CC2)c1. The molecule has 0 aromatic heterocycles. The topological polar surface area (TPSA) is 58.4 Å². The maximum atomic E-state index is 12.3. The van der Waals surface area contributed by atoms with Crippen molar-refractivity contribution in [2.45, 2.75) is 31.7 Å². The Bertz CT molecular complexity index is 536. The molecule has 1 fully saturated rings. The van der Waals surface area contributed by atoms with E-state index in [1.54, 1.807) is 0 Å². The molecule has 1 aliphatic heterocycles. The number of carbonyl (C=O) groups excluding carboxylic acids is 1. The average molecular weight is 305 g/mol. The lowest BCUT2D eigenvalue weighted by Crippen LogP contribution is -2.61. The normalized spacial score (nSPS) is 18.2. The van der Waals surface area contributed by atoms with Crippen molar-refractivity contribution in [3.63, 3.8) is 0 Å². The van der Waals surface area contributed by atoms with Gasteiger partial charge in [-0.3, -0.25) is 4.79 Å². The van der Waals surface area contributed by atoms with E-state index in [0.717, 1.165) is 37.1 Å². The molecule has 3 N–H and O–H groups in total. The Labute approximate surface area is 131 Å². The van der Waals surface area contributed by atoms with Crippen molar-refractivity contribution in [3.8, 4) is 0 Å². The van der Waals surface area contributed by atoms with Crippen LogP contribution in [0.3, 0.4) is 0 Å². The second kappa shape index (κ2) is 6.54. The number of hydrogen-bond acceptors (Lipinski definition) is 3. The Kier molecular flexibility index (Phi) is 4.96. The van der Waals surface area contributed by atoms with E-state index in [2.05, 4.69) is 17.3 Å². The van der Waals surface area contributed by atoms with Gasteiger partial charge >= 0.3 is 0 Å². The summed E-state index contributed by atoms with van der Waals surface area (Å²) in [6.45, 7) is 3.80. The van der Waals surface area contributed by atoms with Crippen LogP contribution in [0.25, 0.3) is 0 Å². The van der Waals surface area contributed by atoms with Crippen LogP contribution < -0.4 is 11.1 Å². The van der Waals surface area contributed by atoms with E-state index in [9.17, 15) is 4.79 Å². The second-order valence-electron chi connectivity index (χ2n) is 5.96. The number of thiocarbonyl (C=S) groups is 1. The molecule has 1 aromatic carbocycles. The van der Waals surface area contributed by atoms with Gasteiger partial charge in [-0.25, -0.2) is 0 Å². The number of benzene rings is 1. The van der Waals surface area contributed by atoms with E-state index in [1.165, 1.54) is 0 Å². The molecule has 1 heterocycles. The van der Waals surface area contributed by atoms with Gasteiger partial charge in [0.1, 0.15) is 0 Å². The molecule has 2 rings (SSSR count). The Hall–Kier alpha value is -1.46. The zero-order valence-electron chi connectivity index (χ0n) is 12.7. The second-order valence-corrected chi connectivity index (χ2v) is 6.40. The molecule has 5 heteroatoms. The Morgan fingerprint density at radius 3 is 2.67 bits per heavy atom. The first-order valence-corrected chi connectivity index (χ1v) is 7.67. The number of piperidine rings is 1. The van der Waals surface area contributed by atoms with Crippen molar-refractivity contribution >= 4 is 23.1 Å². The maximum absolute atomic E-state index is 12.3. The van der Waals surface area contributed by atoms with Gasteiger partial charge in [-0.1, -0.05) is 42.0 Å². The number of amides is 1. The molecule has 0 radical (unpaired) electrons. The third-order valence-electron chi connectivity index (χ3n) is 4.14. The summed E-state index contributed by atoms with van der Waals surface area (Å²) in [4.78, 5) is 15.0. The minimum atomic E-state index is -0.525. The molecule has 1 saturated heterocycles. The summed E-state index contributed by atoms with van der Waals surface area (Å²) < 4.78 is 0. The summed E-state index contributed by atoms with van der Waals surface area (Å²) in [6, 6.07) is 7.99. The fraction of sp³-hybridized carbons (Fsp3) is 0.500. The van der Waals surface area contributed by atoms with Crippen molar-refractivity contribution < 1.29 is 4.79 Å². The monoisotopic (exact) mass is 305 g/mol. The third kappa shape index (κ3) is 4.02. The number of likely N-dealkylation sites (tertiary alicyclic amines) is 1. The molecule has 114 valence electrons. The Morgan fingerprint density at radius 2 is 2.10 bits per heavy atom. The van der Waals surface area contributed by atoms with Crippen molar-refractivity contribution in [1.29, 1.82) is 0 Å². The molecule has 1 aliphatic rings. The van der Waals surface area contributed by atoms with Crippen LogP contribution in [-0.4, -0.2) is 41.5 Å². The highest BCUT2D eigenvalue weighted by molar-refractivity contribution is 7.80. The zero-order valence-corrected chi connectivity index (χ0v) is 13.5. The molecule has 1 amide bonds. The summed E-state index contributed by atoms with van der Waals surface area (Å²) >= 11 is 5.21. The van der Waals surface area contributed by atoms with Crippen molar-refractivity contribution in [2.75, 3.05) is 20.1 Å².